The average molecular weight is 298 g/mol. The highest BCUT2D eigenvalue weighted by Gasteiger charge is 2.09. The monoisotopic (exact) mass is 298 g/mol. The maximum Gasteiger partial charge on any atom is 0.165 e. The van der Waals surface area contributed by atoms with E-state index in [-0.39, 0.29) is 5.78 Å². The van der Waals surface area contributed by atoms with Gasteiger partial charge >= 0.3 is 0 Å². The van der Waals surface area contributed by atoms with Gasteiger partial charge in [0.15, 0.2) is 5.78 Å². The van der Waals surface area contributed by atoms with Crippen LogP contribution in [0.3, 0.4) is 0 Å². The lowest BCUT2D eigenvalue weighted by Gasteiger charge is -2.12. The first-order valence-corrected chi connectivity index (χ1v) is 7.42. The summed E-state index contributed by atoms with van der Waals surface area (Å²) < 4.78 is 10.8. The van der Waals surface area contributed by atoms with Crippen LogP contribution in [0.4, 0.5) is 0 Å². The van der Waals surface area contributed by atoms with Gasteiger partial charge in [0.2, 0.25) is 0 Å². The fraction of sp³-hybridized carbons (Fsp3) is 0.316. The highest BCUT2D eigenvalue weighted by Crippen LogP contribution is 2.22. The molecule has 0 unspecified atom stereocenters. The van der Waals surface area contributed by atoms with Gasteiger partial charge in [-0.15, -0.1) is 0 Å². The van der Waals surface area contributed by atoms with Crippen LogP contribution < -0.4 is 4.74 Å². The number of benzene rings is 2. The summed E-state index contributed by atoms with van der Waals surface area (Å²) in [4.78, 5) is 12.0. The highest BCUT2D eigenvalue weighted by atomic mass is 16.5. The Morgan fingerprint density at radius 3 is 2.50 bits per heavy atom. The SMILES string of the molecule is COCCC(=O)c1ccc(OCc2ccccc2C)c(C)c1. The maximum atomic E-state index is 12.0. The quantitative estimate of drug-likeness (QED) is 0.722. The molecule has 0 amide bonds. The summed E-state index contributed by atoms with van der Waals surface area (Å²) in [6.45, 7) is 5.01. The summed E-state index contributed by atoms with van der Waals surface area (Å²) in [5.41, 5.74) is 4.06. The predicted molar refractivity (Wildman–Crippen MR) is 87.5 cm³/mol. The van der Waals surface area contributed by atoms with Crippen LogP contribution in [0.1, 0.15) is 33.5 Å². The van der Waals surface area contributed by atoms with Gasteiger partial charge in [0, 0.05) is 19.1 Å². The van der Waals surface area contributed by atoms with Crippen molar-refractivity contribution in [3.8, 4) is 5.75 Å². The van der Waals surface area contributed by atoms with E-state index in [4.69, 9.17) is 9.47 Å². The standard InChI is InChI=1S/C19H22O3/c1-14-6-4-5-7-17(14)13-22-19-9-8-16(12-15(19)2)18(20)10-11-21-3/h4-9,12H,10-11,13H2,1-3H3. The van der Waals surface area contributed by atoms with Crippen LogP contribution in [0.5, 0.6) is 5.75 Å². The molecule has 0 aliphatic carbocycles. The summed E-state index contributed by atoms with van der Waals surface area (Å²) in [6.07, 6.45) is 0.402. The zero-order chi connectivity index (χ0) is 15.9. The van der Waals surface area contributed by atoms with E-state index in [2.05, 4.69) is 19.1 Å². The second-order valence-electron chi connectivity index (χ2n) is 5.36. The molecule has 0 aromatic heterocycles. The first-order valence-electron chi connectivity index (χ1n) is 7.42. The molecule has 0 radical (unpaired) electrons. The van der Waals surface area contributed by atoms with Crippen LogP contribution in [-0.2, 0) is 11.3 Å². The molecule has 0 fully saturated rings. The van der Waals surface area contributed by atoms with Crippen LogP contribution in [0, 0.1) is 13.8 Å². The Morgan fingerprint density at radius 2 is 1.82 bits per heavy atom. The van der Waals surface area contributed by atoms with Gasteiger partial charge in [-0.25, -0.2) is 0 Å². The second kappa shape index (κ2) is 7.76. The third-order valence-electron chi connectivity index (χ3n) is 3.67. The molecule has 116 valence electrons. The zero-order valence-electron chi connectivity index (χ0n) is 13.4. The Labute approximate surface area is 131 Å². The van der Waals surface area contributed by atoms with Crippen molar-refractivity contribution >= 4 is 5.78 Å². The lowest BCUT2D eigenvalue weighted by molar-refractivity contribution is 0.0932. The third kappa shape index (κ3) is 4.18. The molecule has 0 saturated heterocycles. The number of rotatable bonds is 7. The molecule has 0 spiro atoms. The van der Waals surface area contributed by atoms with Crippen LogP contribution in [0.15, 0.2) is 42.5 Å². The van der Waals surface area contributed by atoms with E-state index in [9.17, 15) is 4.79 Å². The van der Waals surface area contributed by atoms with Crippen LogP contribution in [-0.4, -0.2) is 19.5 Å². The Bertz CT molecular complexity index is 647. The normalized spacial score (nSPS) is 10.5. The Morgan fingerprint density at radius 1 is 1.05 bits per heavy atom. The first-order chi connectivity index (χ1) is 10.6. The second-order valence-corrected chi connectivity index (χ2v) is 5.36. The van der Waals surface area contributed by atoms with Gasteiger partial charge in [-0.3, -0.25) is 4.79 Å². The van der Waals surface area contributed by atoms with Crippen molar-refractivity contribution in [1.29, 1.82) is 0 Å². The fourth-order valence-electron chi connectivity index (χ4n) is 2.25. The molecule has 0 atom stereocenters. The van der Waals surface area contributed by atoms with E-state index in [1.54, 1.807) is 7.11 Å². The van der Waals surface area contributed by atoms with E-state index < -0.39 is 0 Å². The fourth-order valence-corrected chi connectivity index (χ4v) is 2.25. The maximum absolute atomic E-state index is 12.0. The molecule has 0 heterocycles. The largest absolute Gasteiger partial charge is 0.489 e. The molecule has 0 saturated carbocycles. The van der Waals surface area contributed by atoms with Crippen molar-refractivity contribution in [2.24, 2.45) is 0 Å². The minimum atomic E-state index is 0.0930. The minimum Gasteiger partial charge on any atom is -0.489 e. The van der Waals surface area contributed by atoms with Gasteiger partial charge < -0.3 is 9.47 Å². The van der Waals surface area contributed by atoms with Crippen molar-refractivity contribution in [3.63, 3.8) is 0 Å². The van der Waals surface area contributed by atoms with E-state index in [0.29, 0.717) is 25.2 Å². The number of carbonyl (C=O) groups is 1. The zero-order valence-corrected chi connectivity index (χ0v) is 13.4. The van der Waals surface area contributed by atoms with Gasteiger partial charge in [0.1, 0.15) is 12.4 Å². The molecule has 2 aromatic rings. The summed E-state index contributed by atoms with van der Waals surface area (Å²) >= 11 is 0. The Kier molecular flexibility index (Phi) is 5.73. The van der Waals surface area contributed by atoms with Crippen molar-refractivity contribution in [2.75, 3.05) is 13.7 Å². The Hall–Kier alpha value is -2.13. The molecule has 2 aromatic carbocycles. The minimum absolute atomic E-state index is 0.0930. The summed E-state index contributed by atoms with van der Waals surface area (Å²) in [6, 6.07) is 13.7. The van der Waals surface area contributed by atoms with Gasteiger partial charge in [-0.05, 0) is 48.7 Å². The van der Waals surface area contributed by atoms with Crippen LogP contribution in [0.2, 0.25) is 0 Å². The molecular formula is C19H22O3. The number of carbonyl (C=O) groups excluding carboxylic acids is 1. The third-order valence-corrected chi connectivity index (χ3v) is 3.67. The predicted octanol–water partition coefficient (Wildman–Crippen LogP) is 4.10. The van der Waals surface area contributed by atoms with E-state index in [1.807, 2.05) is 37.3 Å². The topological polar surface area (TPSA) is 35.5 Å². The molecule has 2 rings (SSSR count). The Balaban J connectivity index is 2.04. The molecule has 3 nitrogen and oxygen atoms in total. The van der Waals surface area contributed by atoms with E-state index >= 15 is 0 Å². The summed E-state index contributed by atoms with van der Waals surface area (Å²) in [7, 11) is 1.60. The summed E-state index contributed by atoms with van der Waals surface area (Å²) in [5, 5.41) is 0. The lowest BCUT2D eigenvalue weighted by atomic mass is 10.1. The number of ketones is 1. The van der Waals surface area contributed by atoms with Crippen molar-refractivity contribution in [2.45, 2.75) is 26.9 Å². The summed E-state index contributed by atoms with van der Waals surface area (Å²) in [5.74, 6) is 0.905. The number of hydrogen-bond donors (Lipinski definition) is 0. The highest BCUT2D eigenvalue weighted by molar-refractivity contribution is 5.96. The lowest BCUT2D eigenvalue weighted by Crippen LogP contribution is -2.04. The molecule has 0 aliphatic rings. The molecule has 0 aliphatic heterocycles. The number of ether oxygens (including phenoxy) is 2. The number of methoxy groups -OCH3 is 1. The number of aryl methyl sites for hydroxylation is 2. The average Bonchev–Trinajstić information content (AvgIpc) is 2.52. The van der Waals surface area contributed by atoms with Gasteiger partial charge in [-0.1, -0.05) is 24.3 Å². The van der Waals surface area contributed by atoms with Gasteiger partial charge in [-0.2, -0.15) is 0 Å². The van der Waals surface area contributed by atoms with Gasteiger partial charge in [0.25, 0.3) is 0 Å². The molecule has 0 bridgehead atoms. The molecule has 0 N–H and O–H groups in total. The molecule has 22 heavy (non-hydrogen) atoms. The van der Waals surface area contributed by atoms with Crippen molar-refractivity contribution < 1.29 is 14.3 Å². The first kappa shape index (κ1) is 16.2. The van der Waals surface area contributed by atoms with Crippen molar-refractivity contribution in [3.05, 3.63) is 64.7 Å². The van der Waals surface area contributed by atoms with E-state index in [1.165, 1.54) is 11.1 Å². The van der Waals surface area contributed by atoms with Gasteiger partial charge in [0.05, 0.1) is 6.61 Å². The van der Waals surface area contributed by atoms with E-state index in [0.717, 1.165) is 11.3 Å². The smallest absolute Gasteiger partial charge is 0.165 e. The van der Waals surface area contributed by atoms with Crippen LogP contribution in [0.25, 0.3) is 0 Å². The van der Waals surface area contributed by atoms with Crippen molar-refractivity contribution in [1.82, 2.24) is 0 Å². The molecular weight excluding hydrogens is 276 g/mol. The number of Topliss-reactive ketones (excluding diaryl/α,β-unsaturated/α-hetero) is 1. The molecule has 3 heteroatoms. The van der Waals surface area contributed by atoms with Crippen LogP contribution >= 0.6 is 0 Å². The number of hydrogen-bond acceptors (Lipinski definition) is 3.